The van der Waals surface area contributed by atoms with E-state index in [9.17, 15) is 18.0 Å². The molecule has 5 nitrogen and oxygen atoms in total. The molecule has 1 aromatic carbocycles. The molecule has 0 atom stereocenters. The van der Waals surface area contributed by atoms with Crippen LogP contribution in [0.5, 0.6) is 0 Å². The van der Waals surface area contributed by atoms with E-state index in [2.05, 4.69) is 10.2 Å². The number of benzene rings is 1. The molecule has 0 amide bonds. The molecule has 0 bridgehead atoms. The molecule has 0 spiro atoms. The van der Waals surface area contributed by atoms with Gasteiger partial charge in [-0.2, -0.15) is 18.3 Å². The molecular weight excluding hydrogens is 322 g/mol. The molecule has 0 unspecified atom stereocenters. The number of carboxylic acids is 1. The molecule has 10 heteroatoms. The quantitative estimate of drug-likeness (QED) is 0.919. The summed E-state index contributed by atoms with van der Waals surface area (Å²) in [6, 6.07) is 1.32. The zero-order chi connectivity index (χ0) is 15.1. The maximum atomic E-state index is 12.6. The second kappa shape index (κ2) is 4.95. The monoisotopic (exact) mass is 325 g/mol. The Bertz CT molecular complexity index is 662. The van der Waals surface area contributed by atoms with E-state index in [-0.39, 0.29) is 15.7 Å². The van der Waals surface area contributed by atoms with E-state index >= 15 is 0 Å². The fraction of sp³-hybridized carbons (Fsp3) is 0.100. The minimum atomic E-state index is -4.60. The van der Waals surface area contributed by atoms with Gasteiger partial charge in [-0.3, -0.25) is 0 Å². The number of alkyl halides is 3. The average Bonchev–Trinajstić information content (AvgIpc) is 2.76. The molecule has 0 fully saturated rings. The number of hydrogen-bond acceptors (Lipinski definition) is 3. The number of halogens is 5. The van der Waals surface area contributed by atoms with Gasteiger partial charge in [-0.25, -0.2) is 4.79 Å². The van der Waals surface area contributed by atoms with Crippen molar-refractivity contribution in [1.29, 1.82) is 0 Å². The molecule has 1 heterocycles. The Labute approximate surface area is 119 Å². The number of hydrogen-bond donors (Lipinski definition) is 1. The van der Waals surface area contributed by atoms with E-state index in [4.69, 9.17) is 28.3 Å². The van der Waals surface area contributed by atoms with E-state index < -0.39 is 23.4 Å². The van der Waals surface area contributed by atoms with Crippen molar-refractivity contribution in [3.05, 3.63) is 39.6 Å². The topological polar surface area (TPSA) is 68.0 Å². The lowest BCUT2D eigenvalue weighted by molar-refractivity contribution is -0.137. The number of carbonyl (C=O) groups is 1. The zero-order valence-electron chi connectivity index (χ0n) is 9.32. The molecular formula is C10H4Cl2F3N3O2. The van der Waals surface area contributed by atoms with Crippen molar-refractivity contribution >= 4 is 29.2 Å². The highest BCUT2D eigenvalue weighted by Crippen LogP contribution is 2.36. The van der Waals surface area contributed by atoms with E-state index in [0.29, 0.717) is 12.1 Å². The van der Waals surface area contributed by atoms with Gasteiger partial charge in [0, 0.05) is 0 Å². The van der Waals surface area contributed by atoms with Gasteiger partial charge >= 0.3 is 12.1 Å². The molecule has 1 aromatic heterocycles. The van der Waals surface area contributed by atoms with Crippen molar-refractivity contribution < 1.29 is 23.1 Å². The van der Waals surface area contributed by atoms with Crippen molar-refractivity contribution in [1.82, 2.24) is 15.0 Å². The fourth-order valence-electron chi connectivity index (χ4n) is 1.39. The van der Waals surface area contributed by atoms with E-state index in [1.165, 1.54) is 0 Å². The molecule has 2 rings (SSSR count). The van der Waals surface area contributed by atoms with Gasteiger partial charge in [0.05, 0.1) is 21.8 Å². The summed E-state index contributed by atoms with van der Waals surface area (Å²) in [6.07, 6.45) is -3.68. The van der Waals surface area contributed by atoms with Gasteiger partial charge in [0.1, 0.15) is 5.69 Å². The first-order valence-corrected chi connectivity index (χ1v) is 5.68. The van der Waals surface area contributed by atoms with Crippen LogP contribution in [0.4, 0.5) is 13.2 Å². The van der Waals surface area contributed by atoms with Gasteiger partial charge in [-0.05, 0) is 12.1 Å². The Morgan fingerprint density at radius 1 is 1.25 bits per heavy atom. The molecule has 0 saturated carbocycles. The number of carboxylic acid groups (broad SMARTS) is 1. The van der Waals surface area contributed by atoms with Gasteiger partial charge in [0.2, 0.25) is 0 Å². The van der Waals surface area contributed by atoms with Crippen LogP contribution in [0.25, 0.3) is 5.69 Å². The summed E-state index contributed by atoms with van der Waals surface area (Å²) in [6.45, 7) is 0. The van der Waals surface area contributed by atoms with E-state index in [1.54, 1.807) is 0 Å². The highest BCUT2D eigenvalue weighted by molar-refractivity contribution is 6.37. The second-order valence-corrected chi connectivity index (χ2v) is 4.43. The molecule has 2 aromatic rings. The van der Waals surface area contributed by atoms with Gasteiger partial charge in [-0.1, -0.05) is 23.2 Å². The average molecular weight is 326 g/mol. The second-order valence-electron chi connectivity index (χ2n) is 3.61. The lowest BCUT2D eigenvalue weighted by Crippen LogP contribution is -2.08. The molecule has 0 radical (unpaired) electrons. The normalized spacial score (nSPS) is 11.7. The van der Waals surface area contributed by atoms with Crippen LogP contribution in [0, 0.1) is 0 Å². The summed E-state index contributed by atoms with van der Waals surface area (Å²) in [4.78, 5) is 11.4. The van der Waals surface area contributed by atoms with E-state index in [0.717, 1.165) is 11.0 Å². The van der Waals surface area contributed by atoms with Crippen LogP contribution in [-0.4, -0.2) is 26.1 Å². The predicted molar refractivity (Wildman–Crippen MR) is 63.3 cm³/mol. The third kappa shape index (κ3) is 2.70. The number of nitrogens with zero attached hydrogens (tertiary/aromatic N) is 3. The van der Waals surface area contributed by atoms with Crippen molar-refractivity contribution in [2.45, 2.75) is 6.18 Å². The lowest BCUT2D eigenvalue weighted by atomic mass is 10.2. The maximum Gasteiger partial charge on any atom is 0.416 e. The van der Waals surface area contributed by atoms with Crippen molar-refractivity contribution in [3.63, 3.8) is 0 Å². The first-order chi connectivity index (χ1) is 9.20. The molecule has 1 N–H and O–H groups in total. The van der Waals surface area contributed by atoms with Crippen LogP contribution in [0.3, 0.4) is 0 Å². The van der Waals surface area contributed by atoms with Crippen LogP contribution in [0.1, 0.15) is 16.1 Å². The van der Waals surface area contributed by atoms with Crippen LogP contribution < -0.4 is 0 Å². The summed E-state index contributed by atoms with van der Waals surface area (Å²) < 4.78 is 37.7. The first kappa shape index (κ1) is 14.6. The Morgan fingerprint density at radius 2 is 1.80 bits per heavy atom. The third-order valence-corrected chi connectivity index (χ3v) is 2.83. The Hall–Kier alpha value is -1.80. The zero-order valence-corrected chi connectivity index (χ0v) is 10.8. The van der Waals surface area contributed by atoms with Crippen LogP contribution in [0.15, 0.2) is 18.3 Å². The minimum Gasteiger partial charge on any atom is -0.476 e. The summed E-state index contributed by atoms with van der Waals surface area (Å²) in [5, 5.41) is 15.1. The molecule has 0 aliphatic rings. The molecule has 20 heavy (non-hydrogen) atoms. The maximum absolute atomic E-state index is 12.6. The van der Waals surface area contributed by atoms with Crippen LogP contribution >= 0.6 is 23.2 Å². The smallest absolute Gasteiger partial charge is 0.416 e. The molecule has 0 aliphatic heterocycles. The Kier molecular flexibility index (Phi) is 3.61. The van der Waals surface area contributed by atoms with Gasteiger partial charge in [0.15, 0.2) is 5.69 Å². The Balaban J connectivity index is 2.55. The summed E-state index contributed by atoms with van der Waals surface area (Å²) in [5.74, 6) is -1.34. The number of rotatable bonds is 2. The standard InChI is InChI=1S/C10H4Cl2F3N3O2/c11-5-1-4(10(13,14)15)2-6(12)8(5)18-16-3-7(17-18)9(19)20/h1-3H,(H,19,20). The highest BCUT2D eigenvalue weighted by atomic mass is 35.5. The SMILES string of the molecule is O=C(O)c1cnn(-c2c(Cl)cc(C(F)(F)F)cc2Cl)n1. The molecule has 0 aliphatic carbocycles. The first-order valence-electron chi connectivity index (χ1n) is 4.92. The van der Waals surface area contributed by atoms with Crippen LogP contribution in [-0.2, 0) is 6.18 Å². The number of aromatic nitrogens is 3. The molecule has 0 saturated heterocycles. The van der Waals surface area contributed by atoms with Crippen LogP contribution in [0.2, 0.25) is 10.0 Å². The predicted octanol–water partition coefficient (Wildman–Crippen LogP) is 3.29. The highest BCUT2D eigenvalue weighted by Gasteiger charge is 2.32. The minimum absolute atomic E-state index is 0.131. The van der Waals surface area contributed by atoms with Crippen molar-refractivity contribution in [2.75, 3.05) is 0 Å². The third-order valence-electron chi connectivity index (χ3n) is 2.26. The summed E-state index contributed by atoms with van der Waals surface area (Å²) in [7, 11) is 0. The van der Waals surface area contributed by atoms with Crippen molar-refractivity contribution in [2.24, 2.45) is 0 Å². The summed E-state index contributed by atoms with van der Waals surface area (Å²) in [5.41, 5.74) is -1.55. The fourth-order valence-corrected chi connectivity index (χ4v) is 2.03. The lowest BCUT2D eigenvalue weighted by Gasteiger charge is -2.11. The summed E-state index contributed by atoms with van der Waals surface area (Å²) >= 11 is 11.5. The Morgan fingerprint density at radius 3 is 2.20 bits per heavy atom. The largest absolute Gasteiger partial charge is 0.476 e. The van der Waals surface area contributed by atoms with Gasteiger partial charge in [0.25, 0.3) is 0 Å². The van der Waals surface area contributed by atoms with Gasteiger partial charge in [-0.15, -0.1) is 9.90 Å². The van der Waals surface area contributed by atoms with E-state index in [1.807, 2.05) is 0 Å². The van der Waals surface area contributed by atoms with Crippen molar-refractivity contribution in [3.8, 4) is 5.69 Å². The van der Waals surface area contributed by atoms with Gasteiger partial charge < -0.3 is 5.11 Å². The molecule has 106 valence electrons. The number of aromatic carboxylic acids is 1.